The summed E-state index contributed by atoms with van der Waals surface area (Å²) in [4.78, 5) is 0. The molecular formula is C14H15N3S. The Balaban J connectivity index is 1.78. The van der Waals surface area contributed by atoms with Gasteiger partial charge in [0, 0.05) is 11.6 Å². The van der Waals surface area contributed by atoms with Crippen molar-refractivity contribution >= 4 is 12.2 Å². The molecule has 0 saturated heterocycles. The number of hydrogen-bond acceptors (Lipinski definition) is 2. The second-order valence-electron chi connectivity index (χ2n) is 5.48. The lowest BCUT2D eigenvalue weighted by Crippen LogP contribution is -2.06. The third-order valence-electron chi connectivity index (χ3n) is 4.32. The van der Waals surface area contributed by atoms with Crippen molar-refractivity contribution in [3.63, 3.8) is 0 Å². The Morgan fingerprint density at radius 1 is 1.11 bits per heavy atom. The maximum Gasteiger partial charge on any atom is 0.199 e. The minimum atomic E-state index is 0.585. The SMILES string of the molecule is S=c1[nH]nc(C2CC3CC3C2)n1-c1ccccc1. The molecule has 0 aliphatic heterocycles. The number of aromatic nitrogens is 3. The molecule has 4 rings (SSSR count). The average Bonchev–Trinajstić information content (AvgIpc) is 2.85. The lowest BCUT2D eigenvalue weighted by molar-refractivity contribution is 0.578. The number of aromatic amines is 1. The number of nitrogens with zero attached hydrogens (tertiary/aromatic N) is 2. The first kappa shape index (κ1) is 10.5. The van der Waals surface area contributed by atoms with Gasteiger partial charge < -0.3 is 0 Å². The molecule has 0 spiro atoms. The molecule has 1 aromatic carbocycles. The number of rotatable bonds is 2. The molecule has 2 aromatic rings. The molecule has 1 heterocycles. The molecule has 0 amide bonds. The molecule has 2 saturated carbocycles. The molecule has 18 heavy (non-hydrogen) atoms. The van der Waals surface area contributed by atoms with Crippen LogP contribution in [-0.4, -0.2) is 14.8 Å². The first-order valence-corrected chi connectivity index (χ1v) is 6.96. The summed E-state index contributed by atoms with van der Waals surface area (Å²) in [5.41, 5.74) is 1.12. The van der Waals surface area contributed by atoms with Gasteiger partial charge in [0.15, 0.2) is 4.77 Å². The van der Waals surface area contributed by atoms with Crippen molar-refractivity contribution in [2.45, 2.75) is 25.2 Å². The fourth-order valence-corrected chi connectivity index (χ4v) is 3.58. The van der Waals surface area contributed by atoms with Crippen LogP contribution >= 0.6 is 12.2 Å². The smallest absolute Gasteiger partial charge is 0.199 e. The Morgan fingerprint density at radius 2 is 1.83 bits per heavy atom. The van der Waals surface area contributed by atoms with Crippen LogP contribution in [-0.2, 0) is 0 Å². The van der Waals surface area contributed by atoms with Crippen molar-refractivity contribution in [1.29, 1.82) is 0 Å². The molecule has 2 unspecified atom stereocenters. The van der Waals surface area contributed by atoms with Crippen LogP contribution in [0.4, 0.5) is 0 Å². The number of H-pyrrole nitrogens is 1. The van der Waals surface area contributed by atoms with Crippen LogP contribution in [0.15, 0.2) is 30.3 Å². The first-order chi connectivity index (χ1) is 8.83. The van der Waals surface area contributed by atoms with Crippen LogP contribution in [0.3, 0.4) is 0 Å². The summed E-state index contributed by atoms with van der Waals surface area (Å²) in [6.45, 7) is 0. The molecule has 1 aromatic heterocycles. The Morgan fingerprint density at radius 3 is 2.56 bits per heavy atom. The highest BCUT2D eigenvalue weighted by atomic mass is 32.1. The predicted octanol–water partition coefficient (Wildman–Crippen LogP) is 3.44. The topological polar surface area (TPSA) is 33.6 Å². The van der Waals surface area contributed by atoms with E-state index in [1.54, 1.807) is 0 Å². The van der Waals surface area contributed by atoms with E-state index in [-0.39, 0.29) is 0 Å². The van der Waals surface area contributed by atoms with Crippen LogP contribution in [0.5, 0.6) is 0 Å². The number of nitrogens with one attached hydrogen (secondary N) is 1. The number of para-hydroxylation sites is 1. The van der Waals surface area contributed by atoms with Crippen molar-refractivity contribution < 1.29 is 0 Å². The minimum absolute atomic E-state index is 0.585. The van der Waals surface area contributed by atoms with E-state index in [0.717, 1.165) is 23.3 Å². The molecule has 1 N–H and O–H groups in total. The molecule has 2 aliphatic carbocycles. The van der Waals surface area contributed by atoms with Crippen molar-refractivity contribution in [3.8, 4) is 5.69 Å². The molecule has 2 atom stereocenters. The fourth-order valence-electron chi connectivity index (χ4n) is 3.34. The van der Waals surface area contributed by atoms with Crippen molar-refractivity contribution in [2.24, 2.45) is 11.8 Å². The van der Waals surface area contributed by atoms with Gasteiger partial charge in [0.2, 0.25) is 0 Å². The zero-order valence-corrected chi connectivity index (χ0v) is 10.9. The zero-order chi connectivity index (χ0) is 12.1. The van der Waals surface area contributed by atoms with E-state index < -0.39 is 0 Å². The highest BCUT2D eigenvalue weighted by Crippen LogP contribution is 2.57. The van der Waals surface area contributed by atoms with Gasteiger partial charge in [-0.25, -0.2) is 0 Å². The zero-order valence-electron chi connectivity index (χ0n) is 10.0. The lowest BCUT2D eigenvalue weighted by Gasteiger charge is -2.13. The van der Waals surface area contributed by atoms with Crippen LogP contribution in [0.25, 0.3) is 5.69 Å². The molecule has 92 valence electrons. The standard InChI is InChI=1S/C14H15N3S/c18-14-16-15-13(11-7-9-6-10(9)8-11)17(14)12-4-2-1-3-5-12/h1-5,9-11H,6-8H2,(H,16,18). The van der Waals surface area contributed by atoms with E-state index in [2.05, 4.69) is 26.9 Å². The highest BCUT2D eigenvalue weighted by Gasteiger charge is 2.47. The summed E-state index contributed by atoms with van der Waals surface area (Å²) >= 11 is 5.38. The van der Waals surface area contributed by atoms with Crippen LogP contribution in [0.1, 0.15) is 31.0 Å². The molecule has 2 aliphatic rings. The van der Waals surface area contributed by atoms with Crippen molar-refractivity contribution in [3.05, 3.63) is 40.9 Å². The van der Waals surface area contributed by atoms with Gasteiger partial charge in [-0.05, 0) is 55.4 Å². The van der Waals surface area contributed by atoms with Gasteiger partial charge in [0.25, 0.3) is 0 Å². The van der Waals surface area contributed by atoms with E-state index in [9.17, 15) is 0 Å². The van der Waals surface area contributed by atoms with Gasteiger partial charge in [0.05, 0.1) is 0 Å². The van der Waals surface area contributed by atoms with Crippen molar-refractivity contribution in [1.82, 2.24) is 14.8 Å². The van der Waals surface area contributed by atoms with E-state index in [4.69, 9.17) is 12.2 Å². The summed E-state index contributed by atoms with van der Waals surface area (Å²) in [5.74, 6) is 3.63. The fraction of sp³-hybridized carbons (Fsp3) is 0.429. The average molecular weight is 257 g/mol. The van der Waals surface area contributed by atoms with Gasteiger partial charge in [-0.1, -0.05) is 18.2 Å². The second-order valence-corrected chi connectivity index (χ2v) is 5.87. The van der Waals surface area contributed by atoms with E-state index >= 15 is 0 Å². The number of benzene rings is 1. The van der Waals surface area contributed by atoms with Gasteiger partial charge >= 0.3 is 0 Å². The summed E-state index contributed by atoms with van der Waals surface area (Å²) in [6, 6.07) is 10.3. The largest absolute Gasteiger partial charge is 0.272 e. The Labute approximate surface area is 111 Å². The van der Waals surface area contributed by atoms with Gasteiger partial charge in [-0.3, -0.25) is 9.67 Å². The molecule has 3 nitrogen and oxygen atoms in total. The minimum Gasteiger partial charge on any atom is -0.272 e. The summed E-state index contributed by atoms with van der Waals surface area (Å²) < 4.78 is 2.81. The Bertz CT molecular complexity index is 618. The van der Waals surface area contributed by atoms with Crippen LogP contribution in [0, 0.1) is 16.6 Å². The van der Waals surface area contributed by atoms with Gasteiger partial charge in [-0.2, -0.15) is 5.10 Å². The van der Waals surface area contributed by atoms with Crippen molar-refractivity contribution in [2.75, 3.05) is 0 Å². The maximum absolute atomic E-state index is 5.38. The second kappa shape index (κ2) is 3.79. The molecule has 0 radical (unpaired) electrons. The third-order valence-corrected chi connectivity index (χ3v) is 4.60. The maximum atomic E-state index is 5.38. The molecule has 2 fully saturated rings. The Hall–Kier alpha value is -1.42. The molecule has 4 heteroatoms. The lowest BCUT2D eigenvalue weighted by atomic mass is 10.0. The third kappa shape index (κ3) is 1.56. The van der Waals surface area contributed by atoms with Crippen LogP contribution in [0.2, 0.25) is 0 Å². The summed E-state index contributed by atoms with van der Waals surface area (Å²) in [6.07, 6.45) is 4.02. The number of hydrogen-bond donors (Lipinski definition) is 1. The monoisotopic (exact) mass is 257 g/mol. The first-order valence-electron chi connectivity index (χ1n) is 6.55. The summed E-state index contributed by atoms with van der Waals surface area (Å²) in [5, 5.41) is 7.43. The Kier molecular flexibility index (Phi) is 2.21. The number of fused-ring (bicyclic) bond motifs is 1. The normalized spacial score (nSPS) is 29.2. The predicted molar refractivity (Wildman–Crippen MR) is 72.3 cm³/mol. The van der Waals surface area contributed by atoms with E-state index in [1.807, 2.05) is 18.2 Å². The summed E-state index contributed by atoms with van der Waals surface area (Å²) in [7, 11) is 0. The molecule has 0 bridgehead atoms. The highest BCUT2D eigenvalue weighted by molar-refractivity contribution is 7.71. The van der Waals surface area contributed by atoms with Gasteiger partial charge in [0.1, 0.15) is 5.82 Å². The van der Waals surface area contributed by atoms with Crippen LogP contribution < -0.4 is 0 Å². The molecular weight excluding hydrogens is 242 g/mol. The van der Waals surface area contributed by atoms with Gasteiger partial charge in [-0.15, -0.1) is 0 Å². The quantitative estimate of drug-likeness (QED) is 0.836. The van der Waals surface area contributed by atoms with E-state index in [0.29, 0.717) is 10.7 Å². The van der Waals surface area contributed by atoms with E-state index in [1.165, 1.54) is 19.3 Å².